The number of hydrogen-bond donors (Lipinski definition) is 1. The lowest BCUT2D eigenvalue weighted by atomic mass is 9.91. The number of carbonyl (C=O) groups excluding carboxylic acids is 1. The number of fused-ring (bicyclic) bond motifs is 1. The average Bonchev–Trinajstić information content (AvgIpc) is 2.93. The van der Waals surface area contributed by atoms with Crippen molar-refractivity contribution in [2.24, 2.45) is 0 Å². The van der Waals surface area contributed by atoms with Crippen LogP contribution in [0.3, 0.4) is 0 Å². The highest BCUT2D eigenvalue weighted by molar-refractivity contribution is 5.91. The van der Waals surface area contributed by atoms with Gasteiger partial charge in [0.1, 0.15) is 5.69 Å². The van der Waals surface area contributed by atoms with Crippen molar-refractivity contribution >= 4 is 17.6 Å². The maximum absolute atomic E-state index is 11.6. The number of esters is 1. The minimum absolute atomic E-state index is 0.307. The third-order valence-electron chi connectivity index (χ3n) is 3.66. The van der Waals surface area contributed by atoms with E-state index in [1.807, 2.05) is 24.3 Å². The number of ether oxygens (including phenoxy) is 1. The number of carbonyl (C=O) groups is 1. The SMILES string of the molecule is COC(=O)c1cc2c([nH]1)CCC/C2=C/c1ccccc1. The van der Waals surface area contributed by atoms with Crippen LogP contribution in [0, 0.1) is 0 Å². The fourth-order valence-corrected chi connectivity index (χ4v) is 2.69. The summed E-state index contributed by atoms with van der Waals surface area (Å²) in [6.45, 7) is 0. The van der Waals surface area contributed by atoms with E-state index in [9.17, 15) is 4.79 Å². The molecule has 1 N–H and O–H groups in total. The van der Waals surface area contributed by atoms with Gasteiger partial charge in [-0.1, -0.05) is 36.4 Å². The molecule has 1 aromatic carbocycles. The third-order valence-corrected chi connectivity index (χ3v) is 3.66. The fraction of sp³-hybridized carbons (Fsp3) is 0.235. The molecule has 0 saturated carbocycles. The summed E-state index contributed by atoms with van der Waals surface area (Å²) >= 11 is 0. The average molecular weight is 267 g/mol. The van der Waals surface area contributed by atoms with Gasteiger partial charge in [0.25, 0.3) is 0 Å². The van der Waals surface area contributed by atoms with E-state index in [0.717, 1.165) is 30.5 Å². The number of aromatic amines is 1. The van der Waals surface area contributed by atoms with E-state index in [1.54, 1.807) is 0 Å². The second kappa shape index (κ2) is 5.37. The first-order valence-corrected chi connectivity index (χ1v) is 6.84. The highest BCUT2D eigenvalue weighted by atomic mass is 16.5. The fourth-order valence-electron chi connectivity index (χ4n) is 2.69. The quantitative estimate of drug-likeness (QED) is 0.843. The number of nitrogens with one attached hydrogen (secondary N) is 1. The maximum atomic E-state index is 11.6. The van der Waals surface area contributed by atoms with Crippen molar-refractivity contribution in [2.45, 2.75) is 19.3 Å². The smallest absolute Gasteiger partial charge is 0.354 e. The number of aryl methyl sites for hydroxylation is 1. The predicted molar refractivity (Wildman–Crippen MR) is 79.4 cm³/mol. The molecule has 0 spiro atoms. The second-order valence-electron chi connectivity index (χ2n) is 5.00. The van der Waals surface area contributed by atoms with Crippen LogP contribution in [0.2, 0.25) is 0 Å². The molecule has 0 aliphatic heterocycles. The Kier molecular flexibility index (Phi) is 3.42. The summed E-state index contributed by atoms with van der Waals surface area (Å²) in [7, 11) is 1.41. The van der Waals surface area contributed by atoms with E-state index in [4.69, 9.17) is 4.74 Å². The van der Waals surface area contributed by atoms with E-state index in [-0.39, 0.29) is 5.97 Å². The molecule has 1 heterocycles. The summed E-state index contributed by atoms with van der Waals surface area (Å²) in [5.74, 6) is -0.307. The summed E-state index contributed by atoms with van der Waals surface area (Å²) < 4.78 is 4.78. The Hall–Kier alpha value is -2.29. The second-order valence-corrected chi connectivity index (χ2v) is 5.00. The number of allylic oxidation sites excluding steroid dienone is 1. The first kappa shape index (κ1) is 12.7. The Balaban J connectivity index is 2.00. The molecule has 0 saturated heterocycles. The molecule has 102 valence electrons. The summed E-state index contributed by atoms with van der Waals surface area (Å²) in [6, 6.07) is 12.2. The van der Waals surface area contributed by atoms with Crippen LogP contribution in [-0.4, -0.2) is 18.1 Å². The first-order valence-electron chi connectivity index (χ1n) is 6.84. The molecule has 0 atom stereocenters. The van der Waals surface area contributed by atoms with Gasteiger partial charge >= 0.3 is 5.97 Å². The van der Waals surface area contributed by atoms with Gasteiger partial charge in [-0.05, 0) is 42.0 Å². The topological polar surface area (TPSA) is 42.1 Å². The van der Waals surface area contributed by atoms with E-state index >= 15 is 0 Å². The largest absolute Gasteiger partial charge is 0.464 e. The molecular formula is C17H17NO2. The zero-order valence-electron chi connectivity index (χ0n) is 11.5. The lowest BCUT2D eigenvalue weighted by Crippen LogP contribution is -2.02. The number of H-pyrrole nitrogens is 1. The lowest BCUT2D eigenvalue weighted by molar-refractivity contribution is 0.0594. The van der Waals surface area contributed by atoms with Crippen molar-refractivity contribution in [3.63, 3.8) is 0 Å². The van der Waals surface area contributed by atoms with E-state index in [2.05, 4.69) is 23.2 Å². The van der Waals surface area contributed by atoms with Crippen LogP contribution in [0.5, 0.6) is 0 Å². The minimum atomic E-state index is -0.307. The number of methoxy groups -OCH3 is 1. The molecule has 0 amide bonds. The molecule has 0 bridgehead atoms. The van der Waals surface area contributed by atoms with Crippen molar-refractivity contribution in [3.05, 3.63) is 58.9 Å². The lowest BCUT2D eigenvalue weighted by Gasteiger charge is -2.14. The molecule has 2 aromatic rings. The number of aromatic nitrogens is 1. The van der Waals surface area contributed by atoms with Gasteiger partial charge in [0.05, 0.1) is 7.11 Å². The van der Waals surface area contributed by atoms with Gasteiger partial charge in [-0.3, -0.25) is 0 Å². The van der Waals surface area contributed by atoms with Crippen LogP contribution in [0.4, 0.5) is 0 Å². The van der Waals surface area contributed by atoms with Crippen LogP contribution >= 0.6 is 0 Å². The normalized spacial score (nSPS) is 15.9. The van der Waals surface area contributed by atoms with Crippen LogP contribution in [0.15, 0.2) is 36.4 Å². The number of benzene rings is 1. The molecule has 3 rings (SSSR count). The van der Waals surface area contributed by atoms with Crippen molar-refractivity contribution in [1.82, 2.24) is 4.98 Å². The Morgan fingerprint density at radius 3 is 2.80 bits per heavy atom. The highest BCUT2D eigenvalue weighted by Crippen LogP contribution is 2.32. The highest BCUT2D eigenvalue weighted by Gasteiger charge is 2.20. The summed E-state index contributed by atoms with van der Waals surface area (Å²) in [5, 5.41) is 0. The van der Waals surface area contributed by atoms with Gasteiger partial charge in [0.15, 0.2) is 0 Å². The van der Waals surface area contributed by atoms with Gasteiger partial charge in [0.2, 0.25) is 0 Å². The molecule has 1 aromatic heterocycles. The molecule has 0 unspecified atom stereocenters. The summed E-state index contributed by atoms with van der Waals surface area (Å²) in [4.78, 5) is 14.8. The Morgan fingerprint density at radius 2 is 2.05 bits per heavy atom. The van der Waals surface area contributed by atoms with Crippen molar-refractivity contribution in [1.29, 1.82) is 0 Å². The number of hydrogen-bond acceptors (Lipinski definition) is 2. The zero-order valence-corrected chi connectivity index (χ0v) is 11.5. The van der Waals surface area contributed by atoms with Gasteiger partial charge in [0, 0.05) is 5.69 Å². The van der Waals surface area contributed by atoms with Gasteiger partial charge in [-0.25, -0.2) is 4.79 Å². The maximum Gasteiger partial charge on any atom is 0.354 e. The molecule has 1 aliphatic carbocycles. The Morgan fingerprint density at radius 1 is 1.25 bits per heavy atom. The van der Waals surface area contributed by atoms with Crippen LogP contribution < -0.4 is 0 Å². The molecule has 1 aliphatic rings. The van der Waals surface area contributed by atoms with Gasteiger partial charge in [-0.15, -0.1) is 0 Å². The standard InChI is InChI=1S/C17H17NO2/c1-20-17(19)16-11-14-13(8-5-9-15(14)18-16)10-12-6-3-2-4-7-12/h2-4,6-7,10-11,18H,5,8-9H2,1H3/b13-10-. The van der Waals surface area contributed by atoms with Crippen LogP contribution in [0.25, 0.3) is 11.6 Å². The molecule has 20 heavy (non-hydrogen) atoms. The molecule has 3 heteroatoms. The predicted octanol–water partition coefficient (Wildman–Crippen LogP) is 3.68. The molecule has 0 radical (unpaired) electrons. The monoisotopic (exact) mass is 267 g/mol. The van der Waals surface area contributed by atoms with Crippen LogP contribution in [0.1, 0.15) is 40.2 Å². The summed E-state index contributed by atoms with van der Waals surface area (Å²) in [6.07, 6.45) is 5.33. The van der Waals surface area contributed by atoms with E-state index < -0.39 is 0 Å². The zero-order chi connectivity index (χ0) is 13.9. The van der Waals surface area contributed by atoms with Crippen molar-refractivity contribution in [3.8, 4) is 0 Å². The van der Waals surface area contributed by atoms with Crippen molar-refractivity contribution in [2.75, 3.05) is 7.11 Å². The first-order chi connectivity index (χ1) is 9.78. The number of rotatable bonds is 2. The van der Waals surface area contributed by atoms with E-state index in [1.165, 1.54) is 18.2 Å². The minimum Gasteiger partial charge on any atom is -0.464 e. The van der Waals surface area contributed by atoms with Crippen molar-refractivity contribution < 1.29 is 9.53 Å². The summed E-state index contributed by atoms with van der Waals surface area (Å²) in [5.41, 5.74) is 5.30. The molecule has 3 nitrogen and oxygen atoms in total. The van der Waals surface area contributed by atoms with E-state index in [0.29, 0.717) is 5.69 Å². The van der Waals surface area contributed by atoms with Gasteiger partial charge in [-0.2, -0.15) is 0 Å². The molecular weight excluding hydrogens is 250 g/mol. The van der Waals surface area contributed by atoms with Crippen LogP contribution in [-0.2, 0) is 11.2 Å². The third kappa shape index (κ3) is 2.39. The van der Waals surface area contributed by atoms with Gasteiger partial charge < -0.3 is 9.72 Å². The molecule has 0 fully saturated rings. The Labute approximate surface area is 118 Å². The Bertz CT molecular complexity index is 653.